The second-order valence-electron chi connectivity index (χ2n) is 3.87. The molecule has 0 aliphatic heterocycles. The minimum Gasteiger partial charge on any atom is -0.481 e. The van der Waals surface area contributed by atoms with Gasteiger partial charge >= 0.3 is 5.97 Å². The molecule has 1 aromatic heterocycles. The van der Waals surface area contributed by atoms with Crippen LogP contribution >= 0.6 is 11.3 Å². The molecule has 0 fully saturated rings. The zero-order chi connectivity index (χ0) is 14.0. The Kier molecular flexibility index (Phi) is 3.57. The van der Waals surface area contributed by atoms with Crippen molar-refractivity contribution in [3.63, 3.8) is 0 Å². The Balaban J connectivity index is 2.48. The molecule has 2 aromatic rings. The number of benzene rings is 1. The van der Waals surface area contributed by atoms with E-state index in [0.29, 0.717) is 21.1 Å². The molecule has 0 spiro atoms. The number of aromatic nitrogens is 1. The lowest BCUT2D eigenvalue weighted by molar-refractivity contribution is -0.384. The number of aliphatic carboxylic acids is 1. The van der Waals surface area contributed by atoms with E-state index in [9.17, 15) is 14.9 Å². The fraction of sp³-hybridized carbons (Fsp3) is 0.167. The molecule has 1 aromatic carbocycles. The third-order valence-electron chi connectivity index (χ3n) is 2.54. The number of hydrogen-bond donors (Lipinski definition) is 1. The van der Waals surface area contributed by atoms with E-state index in [1.807, 2.05) is 0 Å². The Bertz CT molecular complexity index is 651. The van der Waals surface area contributed by atoms with Crippen molar-refractivity contribution in [2.75, 3.05) is 0 Å². The van der Waals surface area contributed by atoms with Crippen LogP contribution in [0.15, 0.2) is 24.3 Å². The quantitative estimate of drug-likeness (QED) is 0.685. The van der Waals surface area contributed by atoms with Crippen molar-refractivity contribution in [3.8, 4) is 10.6 Å². The lowest BCUT2D eigenvalue weighted by Crippen LogP contribution is -1.99. The number of carbonyl (C=O) groups is 1. The smallest absolute Gasteiger partial charge is 0.308 e. The molecule has 0 unspecified atom stereocenters. The first kappa shape index (κ1) is 13.2. The summed E-state index contributed by atoms with van der Waals surface area (Å²) in [5, 5.41) is 20.2. The van der Waals surface area contributed by atoms with E-state index in [0.717, 1.165) is 0 Å². The third-order valence-corrected chi connectivity index (χ3v) is 3.73. The molecule has 0 saturated carbocycles. The molecule has 0 atom stereocenters. The van der Waals surface area contributed by atoms with Crippen LogP contribution in [0.2, 0.25) is 0 Å². The van der Waals surface area contributed by atoms with E-state index >= 15 is 0 Å². The van der Waals surface area contributed by atoms with Crippen LogP contribution in [0.3, 0.4) is 0 Å². The monoisotopic (exact) mass is 278 g/mol. The first-order valence-corrected chi connectivity index (χ1v) is 6.22. The lowest BCUT2D eigenvalue weighted by atomic mass is 10.2. The Morgan fingerprint density at radius 2 is 2.16 bits per heavy atom. The molecule has 7 heteroatoms. The van der Waals surface area contributed by atoms with E-state index < -0.39 is 10.9 Å². The summed E-state index contributed by atoms with van der Waals surface area (Å²) >= 11 is 1.18. The molecular formula is C12H10N2O4S. The zero-order valence-electron chi connectivity index (χ0n) is 9.99. The SMILES string of the molecule is Cc1nc(-c2ccccc2[N+](=O)[O-])sc1CC(=O)O. The van der Waals surface area contributed by atoms with E-state index in [1.165, 1.54) is 17.4 Å². The molecule has 0 radical (unpaired) electrons. The maximum absolute atomic E-state index is 11.0. The Hall–Kier alpha value is -2.28. The maximum Gasteiger partial charge on any atom is 0.308 e. The van der Waals surface area contributed by atoms with Crippen LogP contribution in [-0.2, 0) is 11.2 Å². The summed E-state index contributed by atoms with van der Waals surface area (Å²) in [6.45, 7) is 1.70. The van der Waals surface area contributed by atoms with Crippen molar-refractivity contribution >= 4 is 23.0 Å². The number of carboxylic acids is 1. The van der Waals surface area contributed by atoms with Crippen molar-refractivity contribution < 1.29 is 14.8 Å². The second kappa shape index (κ2) is 5.15. The summed E-state index contributed by atoms with van der Waals surface area (Å²) in [5.41, 5.74) is 0.982. The van der Waals surface area contributed by atoms with Crippen molar-refractivity contribution in [1.29, 1.82) is 0 Å². The standard InChI is InChI=1S/C12H10N2O4S/c1-7-10(6-11(15)16)19-12(13-7)8-4-2-3-5-9(8)14(17)18/h2-5H,6H2,1H3,(H,15,16). The second-order valence-corrected chi connectivity index (χ2v) is 4.96. The van der Waals surface area contributed by atoms with Gasteiger partial charge < -0.3 is 5.11 Å². The van der Waals surface area contributed by atoms with Crippen molar-refractivity contribution in [1.82, 2.24) is 4.98 Å². The summed E-state index contributed by atoms with van der Waals surface area (Å²) < 4.78 is 0. The lowest BCUT2D eigenvalue weighted by Gasteiger charge is -1.97. The molecule has 19 heavy (non-hydrogen) atoms. The maximum atomic E-state index is 11.0. The summed E-state index contributed by atoms with van der Waals surface area (Å²) in [6, 6.07) is 6.29. The van der Waals surface area contributed by atoms with Gasteiger partial charge in [0.05, 0.1) is 22.6 Å². The first-order chi connectivity index (χ1) is 8.99. The first-order valence-electron chi connectivity index (χ1n) is 5.41. The molecule has 2 rings (SSSR count). The highest BCUT2D eigenvalue weighted by atomic mass is 32.1. The van der Waals surface area contributed by atoms with E-state index in [-0.39, 0.29) is 12.1 Å². The molecule has 0 bridgehead atoms. The van der Waals surface area contributed by atoms with Gasteiger partial charge in [0.2, 0.25) is 0 Å². The number of thiazole rings is 1. The van der Waals surface area contributed by atoms with Gasteiger partial charge in [-0.2, -0.15) is 0 Å². The fourth-order valence-electron chi connectivity index (χ4n) is 1.66. The number of rotatable bonds is 4. The van der Waals surface area contributed by atoms with Gasteiger partial charge in [0.25, 0.3) is 5.69 Å². The average Bonchev–Trinajstić information content (AvgIpc) is 2.70. The van der Waals surface area contributed by atoms with Gasteiger partial charge in [-0.1, -0.05) is 12.1 Å². The molecule has 98 valence electrons. The van der Waals surface area contributed by atoms with Crippen LogP contribution in [0.1, 0.15) is 10.6 Å². The normalized spacial score (nSPS) is 10.4. The minimum absolute atomic E-state index is 0.0295. The van der Waals surface area contributed by atoms with Gasteiger partial charge in [-0.25, -0.2) is 4.98 Å². The number of nitro groups is 1. The van der Waals surface area contributed by atoms with E-state index in [4.69, 9.17) is 5.11 Å². The molecule has 6 nitrogen and oxygen atoms in total. The molecule has 0 aliphatic carbocycles. The predicted octanol–water partition coefficient (Wildman–Crippen LogP) is 2.65. The highest BCUT2D eigenvalue weighted by molar-refractivity contribution is 7.15. The summed E-state index contributed by atoms with van der Waals surface area (Å²) in [7, 11) is 0. The number of para-hydroxylation sites is 1. The van der Waals surface area contributed by atoms with Crippen LogP contribution in [0, 0.1) is 17.0 Å². The molecule has 0 aliphatic rings. The molecular weight excluding hydrogens is 268 g/mol. The number of carboxylic acid groups (broad SMARTS) is 1. The van der Waals surface area contributed by atoms with E-state index in [2.05, 4.69) is 4.98 Å². The topological polar surface area (TPSA) is 93.3 Å². The highest BCUT2D eigenvalue weighted by Crippen LogP contribution is 2.34. The number of aryl methyl sites for hydroxylation is 1. The van der Waals surface area contributed by atoms with Gasteiger partial charge in [0, 0.05) is 10.9 Å². The third kappa shape index (κ3) is 2.76. The molecule has 0 saturated heterocycles. The molecule has 1 heterocycles. The van der Waals surface area contributed by atoms with Crippen LogP contribution in [0.25, 0.3) is 10.6 Å². The molecule has 1 N–H and O–H groups in total. The fourth-order valence-corrected chi connectivity index (χ4v) is 2.75. The summed E-state index contributed by atoms with van der Waals surface area (Å²) in [5.74, 6) is -0.944. The van der Waals surface area contributed by atoms with Crippen LogP contribution in [0.4, 0.5) is 5.69 Å². The number of hydrogen-bond acceptors (Lipinski definition) is 5. The van der Waals surface area contributed by atoms with Crippen LogP contribution in [-0.4, -0.2) is 21.0 Å². The predicted molar refractivity (Wildman–Crippen MR) is 70.3 cm³/mol. The number of nitro benzene ring substituents is 1. The largest absolute Gasteiger partial charge is 0.481 e. The number of nitrogens with zero attached hydrogens (tertiary/aromatic N) is 2. The van der Waals surface area contributed by atoms with Gasteiger partial charge in [-0.05, 0) is 13.0 Å². The minimum atomic E-state index is -0.944. The Morgan fingerprint density at radius 1 is 1.47 bits per heavy atom. The Labute approximate surface area is 112 Å². The summed E-state index contributed by atoms with van der Waals surface area (Å²) in [6.07, 6.45) is -0.121. The van der Waals surface area contributed by atoms with Gasteiger partial charge in [-0.3, -0.25) is 14.9 Å². The van der Waals surface area contributed by atoms with Crippen molar-refractivity contribution in [2.45, 2.75) is 13.3 Å². The Morgan fingerprint density at radius 3 is 2.79 bits per heavy atom. The van der Waals surface area contributed by atoms with E-state index in [1.54, 1.807) is 25.1 Å². The van der Waals surface area contributed by atoms with Crippen LogP contribution in [0.5, 0.6) is 0 Å². The molecule has 0 amide bonds. The highest BCUT2D eigenvalue weighted by Gasteiger charge is 2.19. The average molecular weight is 278 g/mol. The van der Waals surface area contributed by atoms with Crippen molar-refractivity contribution in [3.05, 3.63) is 45.0 Å². The summed E-state index contributed by atoms with van der Waals surface area (Å²) in [4.78, 5) is 26.0. The van der Waals surface area contributed by atoms with Gasteiger partial charge in [0.1, 0.15) is 5.01 Å². The van der Waals surface area contributed by atoms with Gasteiger partial charge in [-0.15, -0.1) is 11.3 Å². The van der Waals surface area contributed by atoms with Crippen molar-refractivity contribution in [2.24, 2.45) is 0 Å². The zero-order valence-corrected chi connectivity index (χ0v) is 10.8. The van der Waals surface area contributed by atoms with Gasteiger partial charge in [0.15, 0.2) is 0 Å². The van der Waals surface area contributed by atoms with Crippen LogP contribution < -0.4 is 0 Å².